The maximum atomic E-state index is 9.55. The fraction of sp³-hybridized carbons (Fsp3) is 0.0625. The molecule has 0 fully saturated rings. The number of aliphatic carboxylic acids is 2. The first-order chi connectivity index (χ1) is 11.0. The Morgan fingerprint density at radius 1 is 1.17 bits per heavy atom. The van der Waals surface area contributed by atoms with Crippen LogP contribution in [0, 0.1) is 0 Å². The highest BCUT2D eigenvalue weighted by Gasteiger charge is 2.03. The highest BCUT2D eigenvalue weighted by atomic mass is 16.4. The van der Waals surface area contributed by atoms with Crippen LogP contribution >= 0.6 is 0 Å². The SMILES string of the molecule is C=Cc1cccn1N(C)c1ccncc1.O=C(O)C=CC(=O)O. The van der Waals surface area contributed by atoms with Gasteiger partial charge >= 0.3 is 11.9 Å². The normalized spacial score (nSPS) is 9.78. The van der Waals surface area contributed by atoms with Gasteiger partial charge < -0.3 is 10.2 Å². The summed E-state index contributed by atoms with van der Waals surface area (Å²) in [6.45, 7) is 3.78. The topological polar surface area (TPSA) is 95.7 Å². The average molecular weight is 315 g/mol. The van der Waals surface area contributed by atoms with E-state index in [9.17, 15) is 9.59 Å². The zero-order valence-electron chi connectivity index (χ0n) is 12.5. The Bertz CT molecular complexity index is 676. The first kappa shape index (κ1) is 17.7. The van der Waals surface area contributed by atoms with Crippen LogP contribution < -0.4 is 5.01 Å². The molecule has 2 aromatic rings. The van der Waals surface area contributed by atoms with Gasteiger partial charge in [-0.05, 0) is 30.3 Å². The number of carboxylic acid groups (broad SMARTS) is 2. The number of nitrogens with zero attached hydrogens (tertiary/aromatic N) is 3. The molecule has 2 aromatic heterocycles. The van der Waals surface area contributed by atoms with Crippen LogP contribution in [0.2, 0.25) is 0 Å². The highest BCUT2D eigenvalue weighted by molar-refractivity contribution is 5.89. The minimum Gasteiger partial charge on any atom is -0.478 e. The summed E-state index contributed by atoms with van der Waals surface area (Å²) in [4.78, 5) is 23.1. The van der Waals surface area contributed by atoms with Gasteiger partial charge in [0.15, 0.2) is 0 Å². The molecule has 0 amide bonds. The van der Waals surface area contributed by atoms with Gasteiger partial charge in [-0.1, -0.05) is 6.58 Å². The number of hydrogen-bond acceptors (Lipinski definition) is 4. The summed E-state index contributed by atoms with van der Waals surface area (Å²) in [7, 11) is 2.00. The first-order valence-corrected chi connectivity index (χ1v) is 6.53. The third-order valence-electron chi connectivity index (χ3n) is 2.70. The van der Waals surface area contributed by atoms with Crippen LogP contribution in [0.25, 0.3) is 6.08 Å². The van der Waals surface area contributed by atoms with Crippen LogP contribution in [0.3, 0.4) is 0 Å². The third kappa shape index (κ3) is 5.88. The summed E-state index contributed by atoms with van der Waals surface area (Å²) in [6, 6.07) is 7.94. The summed E-state index contributed by atoms with van der Waals surface area (Å²) in [6.07, 6.45) is 8.51. The lowest BCUT2D eigenvalue weighted by Gasteiger charge is -2.22. The van der Waals surface area contributed by atoms with Crippen LogP contribution in [-0.2, 0) is 9.59 Å². The van der Waals surface area contributed by atoms with E-state index in [1.54, 1.807) is 12.4 Å². The molecule has 0 radical (unpaired) electrons. The molecule has 0 saturated carbocycles. The van der Waals surface area contributed by atoms with E-state index in [1.807, 2.05) is 53.3 Å². The van der Waals surface area contributed by atoms with Crippen LogP contribution in [-0.4, -0.2) is 38.9 Å². The zero-order valence-corrected chi connectivity index (χ0v) is 12.5. The highest BCUT2D eigenvalue weighted by Crippen LogP contribution is 2.14. The van der Waals surface area contributed by atoms with Crippen molar-refractivity contribution in [2.45, 2.75) is 0 Å². The number of carboxylic acids is 2. The molecule has 2 N–H and O–H groups in total. The van der Waals surface area contributed by atoms with Crippen LogP contribution in [0.15, 0.2) is 61.6 Å². The van der Waals surface area contributed by atoms with Crippen molar-refractivity contribution in [2.24, 2.45) is 0 Å². The molecule has 120 valence electrons. The second-order valence-corrected chi connectivity index (χ2v) is 4.22. The summed E-state index contributed by atoms with van der Waals surface area (Å²) < 4.78 is 2.03. The molecule has 0 aliphatic heterocycles. The summed E-state index contributed by atoms with van der Waals surface area (Å²) in [5.41, 5.74) is 2.15. The molecule has 0 atom stereocenters. The number of anilines is 1. The number of rotatable bonds is 5. The van der Waals surface area contributed by atoms with Crippen LogP contribution in [0.1, 0.15) is 5.69 Å². The molecule has 0 aromatic carbocycles. The van der Waals surface area contributed by atoms with Crippen molar-refractivity contribution >= 4 is 23.7 Å². The molecule has 0 saturated heterocycles. The van der Waals surface area contributed by atoms with E-state index < -0.39 is 11.9 Å². The molecule has 23 heavy (non-hydrogen) atoms. The molecule has 2 rings (SSSR count). The molecule has 0 bridgehead atoms. The lowest BCUT2D eigenvalue weighted by molar-refractivity contribution is -0.134. The van der Waals surface area contributed by atoms with Crippen molar-refractivity contribution in [1.29, 1.82) is 0 Å². The standard InChI is InChI=1S/C12H13N3.C4H4O4/c1-3-11-5-4-10-15(11)14(2)12-6-8-13-9-7-12;5-3(6)1-2-4(7)8/h3-10H,1H2,2H3;1-2H,(H,5,6)(H,7,8). The molecule has 0 aliphatic carbocycles. The van der Waals surface area contributed by atoms with E-state index in [1.165, 1.54) is 0 Å². The van der Waals surface area contributed by atoms with Gasteiger partial charge in [0, 0.05) is 37.8 Å². The molecule has 0 unspecified atom stereocenters. The van der Waals surface area contributed by atoms with Gasteiger partial charge in [-0.25, -0.2) is 9.59 Å². The Balaban J connectivity index is 0.000000284. The van der Waals surface area contributed by atoms with E-state index in [0.717, 1.165) is 11.4 Å². The van der Waals surface area contributed by atoms with Gasteiger partial charge in [0.1, 0.15) is 0 Å². The molecular formula is C16H17N3O4. The second kappa shape index (κ2) is 8.83. The molecular weight excluding hydrogens is 298 g/mol. The predicted octanol–water partition coefficient (Wildman–Crippen LogP) is 2.14. The monoisotopic (exact) mass is 315 g/mol. The van der Waals surface area contributed by atoms with Crippen molar-refractivity contribution in [2.75, 3.05) is 12.1 Å². The number of aromatic nitrogens is 2. The van der Waals surface area contributed by atoms with E-state index in [0.29, 0.717) is 12.2 Å². The Labute approximate surface area is 133 Å². The molecule has 0 aliphatic rings. The largest absolute Gasteiger partial charge is 0.478 e. The minimum atomic E-state index is -1.26. The van der Waals surface area contributed by atoms with Gasteiger partial charge in [-0.3, -0.25) is 14.7 Å². The Morgan fingerprint density at radius 3 is 2.22 bits per heavy atom. The van der Waals surface area contributed by atoms with Crippen molar-refractivity contribution in [1.82, 2.24) is 9.66 Å². The van der Waals surface area contributed by atoms with Crippen molar-refractivity contribution < 1.29 is 19.8 Å². The maximum Gasteiger partial charge on any atom is 0.328 e. The van der Waals surface area contributed by atoms with Gasteiger partial charge in [-0.2, -0.15) is 0 Å². The minimum absolute atomic E-state index is 0.558. The van der Waals surface area contributed by atoms with Crippen molar-refractivity contribution in [3.05, 3.63) is 67.3 Å². The van der Waals surface area contributed by atoms with Crippen LogP contribution in [0.4, 0.5) is 5.69 Å². The summed E-state index contributed by atoms with van der Waals surface area (Å²) >= 11 is 0. The van der Waals surface area contributed by atoms with Gasteiger partial charge in [-0.15, -0.1) is 0 Å². The van der Waals surface area contributed by atoms with Gasteiger partial charge in [0.25, 0.3) is 0 Å². The number of carbonyl (C=O) groups is 2. The second-order valence-electron chi connectivity index (χ2n) is 4.22. The van der Waals surface area contributed by atoms with E-state index in [-0.39, 0.29) is 0 Å². The summed E-state index contributed by atoms with van der Waals surface area (Å²) in [5.74, 6) is -2.51. The Morgan fingerprint density at radius 2 is 1.74 bits per heavy atom. The van der Waals surface area contributed by atoms with E-state index in [2.05, 4.69) is 11.6 Å². The third-order valence-corrected chi connectivity index (χ3v) is 2.70. The fourth-order valence-electron chi connectivity index (χ4n) is 1.65. The average Bonchev–Trinajstić information content (AvgIpc) is 3.02. The predicted molar refractivity (Wildman–Crippen MR) is 87.0 cm³/mol. The lowest BCUT2D eigenvalue weighted by Crippen LogP contribution is -2.24. The zero-order chi connectivity index (χ0) is 17.2. The maximum absolute atomic E-state index is 9.55. The van der Waals surface area contributed by atoms with Gasteiger partial charge in [0.05, 0.1) is 11.4 Å². The Hall–Kier alpha value is -3.35. The smallest absolute Gasteiger partial charge is 0.328 e. The quantitative estimate of drug-likeness (QED) is 0.821. The Kier molecular flexibility index (Phi) is 6.80. The molecule has 2 heterocycles. The molecule has 7 nitrogen and oxygen atoms in total. The van der Waals surface area contributed by atoms with Crippen molar-refractivity contribution in [3.63, 3.8) is 0 Å². The lowest BCUT2D eigenvalue weighted by atomic mass is 10.4. The van der Waals surface area contributed by atoms with Crippen LogP contribution in [0.5, 0.6) is 0 Å². The van der Waals surface area contributed by atoms with Crippen molar-refractivity contribution in [3.8, 4) is 0 Å². The number of pyridine rings is 1. The first-order valence-electron chi connectivity index (χ1n) is 6.53. The van der Waals surface area contributed by atoms with E-state index >= 15 is 0 Å². The summed E-state index contributed by atoms with van der Waals surface area (Å²) in [5, 5.41) is 17.7. The fourth-order valence-corrected chi connectivity index (χ4v) is 1.65. The van der Waals surface area contributed by atoms with Gasteiger partial charge in [0.2, 0.25) is 0 Å². The number of hydrogen-bond donors (Lipinski definition) is 2. The van der Waals surface area contributed by atoms with E-state index in [4.69, 9.17) is 10.2 Å². The molecule has 0 spiro atoms. The molecule has 7 heteroatoms.